The number of hydrogen-bond acceptors (Lipinski definition) is 5. The summed E-state index contributed by atoms with van der Waals surface area (Å²) in [5.74, 6) is 1.33. The van der Waals surface area contributed by atoms with Gasteiger partial charge in [-0.3, -0.25) is 9.69 Å². The van der Waals surface area contributed by atoms with Crippen molar-refractivity contribution in [3.05, 3.63) is 94.3 Å². The fourth-order valence-corrected chi connectivity index (χ4v) is 9.19. The first-order chi connectivity index (χ1) is 21.7. The molecule has 3 aliphatic rings. The number of fused-ring (bicyclic) bond motifs is 3. The quantitative estimate of drug-likeness (QED) is 0.263. The zero-order valence-corrected chi connectivity index (χ0v) is 27.2. The molecule has 236 valence electrons. The van der Waals surface area contributed by atoms with E-state index in [9.17, 15) is 13.2 Å². The summed E-state index contributed by atoms with van der Waals surface area (Å²) in [5.41, 5.74) is 5.35. The van der Waals surface area contributed by atoms with Crippen LogP contribution in [0.2, 0.25) is 5.02 Å². The Balaban J connectivity index is 0.927. The maximum atomic E-state index is 13.1. The number of likely N-dealkylation sites (tertiary alicyclic amines) is 1. The third-order valence-electron chi connectivity index (χ3n) is 10.4. The Morgan fingerprint density at radius 1 is 0.933 bits per heavy atom. The molecule has 0 saturated carbocycles. The van der Waals surface area contributed by atoms with Gasteiger partial charge in [-0.2, -0.15) is 0 Å². The summed E-state index contributed by atoms with van der Waals surface area (Å²) in [5, 5.41) is 5.29. The van der Waals surface area contributed by atoms with Crippen molar-refractivity contribution in [1.29, 1.82) is 0 Å². The van der Waals surface area contributed by atoms with E-state index in [0.717, 1.165) is 37.1 Å². The Hall–Kier alpha value is -3.24. The molecule has 1 aromatic heterocycles. The van der Waals surface area contributed by atoms with Crippen molar-refractivity contribution in [2.24, 2.45) is 5.14 Å². The van der Waals surface area contributed by atoms with Gasteiger partial charge in [0.05, 0.1) is 16.1 Å². The van der Waals surface area contributed by atoms with Crippen molar-refractivity contribution in [3.63, 3.8) is 0 Å². The molecule has 2 unspecified atom stereocenters. The second-order valence-corrected chi connectivity index (χ2v) is 15.0. The molecular weight excluding hydrogens is 606 g/mol. The van der Waals surface area contributed by atoms with Crippen LogP contribution in [0.3, 0.4) is 0 Å². The first kappa shape index (κ1) is 30.4. The molecule has 8 nitrogen and oxygen atoms in total. The molecule has 7 rings (SSSR count). The Morgan fingerprint density at radius 3 is 2.31 bits per heavy atom. The molecule has 3 fully saturated rings. The molecule has 0 aliphatic carbocycles. The Kier molecular flexibility index (Phi) is 8.23. The number of sulfonamides is 1. The molecule has 2 N–H and O–H groups in total. The first-order valence-corrected chi connectivity index (χ1v) is 18.0. The van der Waals surface area contributed by atoms with Gasteiger partial charge in [-0.05, 0) is 99.2 Å². The molecule has 0 radical (unpaired) electrons. The highest BCUT2D eigenvalue weighted by atomic mass is 35.5. The highest BCUT2D eigenvalue weighted by Crippen LogP contribution is 2.42. The lowest BCUT2D eigenvalue weighted by molar-refractivity contribution is 0.0712. The van der Waals surface area contributed by atoms with E-state index in [1.165, 1.54) is 54.5 Å². The number of aryl methyl sites for hydroxylation is 1. The van der Waals surface area contributed by atoms with Crippen molar-refractivity contribution in [1.82, 2.24) is 19.4 Å². The van der Waals surface area contributed by atoms with Crippen LogP contribution in [-0.2, 0) is 16.4 Å². The summed E-state index contributed by atoms with van der Waals surface area (Å²) in [7, 11) is -4.01. The van der Waals surface area contributed by atoms with Gasteiger partial charge in [-0.15, -0.1) is 0 Å². The zero-order chi connectivity index (χ0) is 31.3. The molecule has 3 aliphatic heterocycles. The number of para-hydroxylation sites is 2. The predicted molar refractivity (Wildman–Crippen MR) is 177 cm³/mol. The summed E-state index contributed by atoms with van der Waals surface area (Å²) in [4.78, 5) is 22.3. The summed E-state index contributed by atoms with van der Waals surface area (Å²) in [6.45, 7) is 4.48. The van der Waals surface area contributed by atoms with Crippen LogP contribution in [0.1, 0.15) is 77.8 Å². The lowest BCUT2D eigenvalue weighted by atomic mass is 9.88. The number of benzene rings is 3. The lowest BCUT2D eigenvalue weighted by Crippen LogP contribution is -2.44. The van der Waals surface area contributed by atoms with Gasteiger partial charge in [-0.1, -0.05) is 48.0 Å². The Labute approximate surface area is 270 Å². The number of imidazole rings is 1. The van der Waals surface area contributed by atoms with Gasteiger partial charge in [0.15, 0.2) is 0 Å². The normalized spacial score (nSPS) is 22.7. The summed E-state index contributed by atoms with van der Waals surface area (Å²) < 4.78 is 26.2. The highest BCUT2D eigenvalue weighted by Gasteiger charge is 2.41. The van der Waals surface area contributed by atoms with E-state index in [-0.39, 0.29) is 21.4 Å². The van der Waals surface area contributed by atoms with Crippen LogP contribution in [0.25, 0.3) is 11.0 Å². The van der Waals surface area contributed by atoms with Crippen LogP contribution in [0, 0.1) is 6.92 Å². The van der Waals surface area contributed by atoms with Crippen molar-refractivity contribution < 1.29 is 13.2 Å². The number of halogens is 1. The Morgan fingerprint density at radius 2 is 1.62 bits per heavy atom. The number of primary sulfonamides is 1. The van der Waals surface area contributed by atoms with E-state index < -0.39 is 10.0 Å². The van der Waals surface area contributed by atoms with Gasteiger partial charge in [0.1, 0.15) is 10.7 Å². The molecule has 10 heteroatoms. The van der Waals surface area contributed by atoms with Gasteiger partial charge >= 0.3 is 0 Å². The van der Waals surface area contributed by atoms with Gasteiger partial charge in [0.25, 0.3) is 5.91 Å². The van der Waals surface area contributed by atoms with Crippen LogP contribution in [0.4, 0.5) is 0 Å². The molecule has 3 saturated heterocycles. The zero-order valence-electron chi connectivity index (χ0n) is 25.6. The summed E-state index contributed by atoms with van der Waals surface area (Å²) >= 11 is 6.00. The van der Waals surface area contributed by atoms with Crippen molar-refractivity contribution >= 4 is 38.6 Å². The smallest absolute Gasteiger partial charge is 0.253 e. The fraction of sp³-hybridized carbons (Fsp3) is 0.429. The Bertz CT molecular complexity index is 1820. The average Bonchev–Trinajstić information content (AvgIpc) is 3.49. The maximum Gasteiger partial charge on any atom is 0.253 e. The van der Waals surface area contributed by atoms with Crippen LogP contribution in [-0.4, -0.2) is 65.4 Å². The van der Waals surface area contributed by atoms with E-state index >= 15 is 0 Å². The number of carbonyl (C=O) groups excluding carboxylic acids is 1. The van der Waals surface area contributed by atoms with Crippen molar-refractivity contribution in [2.45, 2.75) is 80.8 Å². The summed E-state index contributed by atoms with van der Waals surface area (Å²) in [6.07, 6.45) is 7.76. The minimum absolute atomic E-state index is 0.0163. The largest absolute Gasteiger partial charge is 0.339 e. The average molecular weight is 646 g/mol. The fourth-order valence-electron chi connectivity index (χ4n) is 8.11. The molecule has 2 atom stereocenters. The van der Waals surface area contributed by atoms with E-state index in [1.807, 2.05) is 0 Å². The predicted octanol–water partition coefficient (Wildman–Crippen LogP) is 6.08. The number of carbonyl (C=O) groups is 1. The van der Waals surface area contributed by atoms with E-state index in [0.29, 0.717) is 37.1 Å². The number of amides is 1. The number of nitrogens with zero attached hydrogens (tertiary/aromatic N) is 4. The van der Waals surface area contributed by atoms with Crippen LogP contribution < -0.4 is 5.14 Å². The topological polar surface area (TPSA) is 102 Å². The van der Waals surface area contributed by atoms with Gasteiger partial charge < -0.3 is 9.47 Å². The second kappa shape index (κ2) is 12.2. The third kappa shape index (κ3) is 6.03. The van der Waals surface area contributed by atoms with E-state index in [2.05, 4.69) is 64.9 Å². The van der Waals surface area contributed by atoms with Crippen LogP contribution >= 0.6 is 11.6 Å². The molecule has 3 aromatic carbocycles. The highest BCUT2D eigenvalue weighted by molar-refractivity contribution is 7.89. The monoisotopic (exact) mass is 645 g/mol. The van der Waals surface area contributed by atoms with Gasteiger partial charge in [-0.25, -0.2) is 18.5 Å². The molecule has 4 heterocycles. The van der Waals surface area contributed by atoms with Crippen LogP contribution in [0.5, 0.6) is 0 Å². The molecular formula is C35H40ClN5O3S. The number of hydrogen-bond donors (Lipinski definition) is 1. The van der Waals surface area contributed by atoms with E-state index in [4.69, 9.17) is 21.7 Å². The lowest BCUT2D eigenvalue weighted by Gasteiger charge is -2.40. The summed E-state index contributed by atoms with van der Waals surface area (Å²) in [6, 6.07) is 23.7. The molecule has 45 heavy (non-hydrogen) atoms. The second-order valence-electron chi connectivity index (χ2n) is 13.0. The van der Waals surface area contributed by atoms with Crippen LogP contribution in [0.15, 0.2) is 71.6 Å². The number of rotatable bonds is 7. The van der Waals surface area contributed by atoms with Crippen molar-refractivity contribution in [3.8, 4) is 0 Å². The van der Waals surface area contributed by atoms with Gasteiger partial charge in [0.2, 0.25) is 10.0 Å². The number of aromatic nitrogens is 2. The number of nitrogens with two attached hydrogens (primary N) is 1. The maximum absolute atomic E-state index is 13.1. The molecule has 0 spiro atoms. The molecule has 2 bridgehead atoms. The van der Waals surface area contributed by atoms with E-state index in [1.54, 1.807) is 11.0 Å². The molecule has 1 amide bonds. The minimum atomic E-state index is -4.01. The molecule has 4 aromatic rings. The first-order valence-electron chi connectivity index (χ1n) is 16.1. The standard InChI is InChI=1S/C35H40ClN5O3S/c1-23-38-32-4-2-3-5-33(32)41(23)30-21-28-11-12-29(22-30)40(28)19-14-24-6-8-25(9-7-24)26-15-17-39(18-16-26)35(42)27-10-13-31(36)34(20-27)45(37,43)44/h2-10,13,20,26,28-30H,11-12,14-19,21-22H2,1H3,(H2,37,43,44). The minimum Gasteiger partial charge on any atom is -0.339 e. The number of piperidine rings is 2. The van der Waals surface area contributed by atoms with Crippen molar-refractivity contribution in [2.75, 3.05) is 19.6 Å². The van der Waals surface area contributed by atoms with Gasteiger partial charge in [0, 0.05) is 43.3 Å². The third-order valence-corrected chi connectivity index (χ3v) is 11.8. The SMILES string of the molecule is Cc1nc2ccccc2n1C1CC2CCC(C1)N2CCc1ccc(C2CCN(C(=O)c3ccc(Cl)c(S(N)(=O)=O)c3)CC2)cc1.